The predicted octanol–water partition coefficient (Wildman–Crippen LogP) is 9.04. The molecule has 0 atom stereocenters. The lowest BCUT2D eigenvalue weighted by Gasteiger charge is -2.13. The van der Waals surface area contributed by atoms with E-state index in [1.807, 2.05) is 56.3 Å². The normalized spacial score (nSPS) is 11.2. The van der Waals surface area contributed by atoms with Crippen molar-refractivity contribution in [3.63, 3.8) is 0 Å². The van der Waals surface area contributed by atoms with Gasteiger partial charge in [-0.2, -0.15) is 0 Å². The molecule has 4 aromatic carbocycles. The third-order valence-corrected chi connectivity index (χ3v) is 8.61. The van der Waals surface area contributed by atoms with Gasteiger partial charge in [-0.1, -0.05) is 36.4 Å². The number of ketones is 1. The summed E-state index contributed by atoms with van der Waals surface area (Å²) in [7, 11) is 3.23. The zero-order valence-corrected chi connectivity index (χ0v) is 26.6. The Morgan fingerprint density at radius 2 is 1.52 bits per heavy atom. The number of benzene rings is 4. The Bertz CT molecular complexity index is 1770. The topological polar surface area (TPSA) is 66.9 Å². The van der Waals surface area contributed by atoms with Gasteiger partial charge in [-0.25, -0.2) is 4.98 Å². The number of aromatic nitrogens is 1. The molecule has 1 aromatic heterocycles. The zero-order valence-electron chi connectivity index (χ0n) is 25.8. The van der Waals surface area contributed by atoms with Gasteiger partial charge in [0.15, 0.2) is 17.3 Å². The number of methoxy groups -OCH3 is 2. The van der Waals surface area contributed by atoms with Crippen LogP contribution in [0, 0.1) is 20.8 Å². The molecule has 0 bridgehead atoms. The lowest BCUT2D eigenvalue weighted by molar-refractivity contribution is 0.104. The van der Waals surface area contributed by atoms with Crippen molar-refractivity contribution in [3.05, 3.63) is 107 Å². The summed E-state index contributed by atoms with van der Waals surface area (Å²) in [4.78, 5) is 17.6. The monoisotopic (exact) mass is 607 g/mol. The van der Waals surface area contributed by atoms with E-state index in [2.05, 4.69) is 31.2 Å². The Hall–Kier alpha value is -4.62. The van der Waals surface area contributed by atoms with Crippen LogP contribution in [0.1, 0.15) is 45.5 Å². The molecule has 0 unspecified atom stereocenters. The van der Waals surface area contributed by atoms with Gasteiger partial charge in [0.05, 0.1) is 37.6 Å². The summed E-state index contributed by atoms with van der Waals surface area (Å²) < 4.78 is 24.3. The van der Waals surface area contributed by atoms with Gasteiger partial charge in [-0.05, 0) is 104 Å². The molecule has 0 spiro atoms. The molecular weight excluding hydrogens is 570 g/mol. The first-order valence-corrected chi connectivity index (χ1v) is 15.5. The van der Waals surface area contributed by atoms with E-state index in [1.54, 1.807) is 43.8 Å². The van der Waals surface area contributed by atoms with Gasteiger partial charge in [-0.15, -0.1) is 11.3 Å². The second kappa shape index (κ2) is 14.2. The number of hydrogen-bond acceptors (Lipinski definition) is 7. The van der Waals surface area contributed by atoms with Crippen molar-refractivity contribution < 1.29 is 23.7 Å². The van der Waals surface area contributed by atoms with E-state index in [0.717, 1.165) is 56.9 Å². The number of allylic oxidation sites excluding steroid dienone is 1. The van der Waals surface area contributed by atoms with Crippen molar-refractivity contribution in [2.45, 2.75) is 33.6 Å². The molecule has 0 fully saturated rings. The first-order valence-electron chi connectivity index (χ1n) is 14.6. The number of carbonyl (C=O) groups excluding carboxylic acids is 1. The number of ether oxygens (including phenoxy) is 4. The van der Waals surface area contributed by atoms with Crippen molar-refractivity contribution in [3.8, 4) is 33.6 Å². The third kappa shape index (κ3) is 7.29. The molecule has 1 heterocycles. The van der Waals surface area contributed by atoms with E-state index in [4.69, 9.17) is 23.9 Å². The SMILES string of the molecule is COc1ccc(/C=C/C(=O)c2cc(C)c(C)c(OC)c2)cc1OCCCCOc1cc(-c2nc3ccccc3s2)ccc1C. The maximum absolute atomic E-state index is 12.9. The fourth-order valence-electron chi connectivity index (χ4n) is 4.81. The number of fused-ring (bicyclic) bond motifs is 1. The number of carbonyl (C=O) groups is 1. The second-order valence-electron chi connectivity index (χ2n) is 10.6. The number of aryl methyl sites for hydroxylation is 2. The van der Waals surface area contributed by atoms with Crippen LogP contribution in [-0.2, 0) is 0 Å². The van der Waals surface area contributed by atoms with Crippen LogP contribution in [0.5, 0.6) is 23.0 Å². The summed E-state index contributed by atoms with van der Waals surface area (Å²) in [6.45, 7) is 7.11. The van der Waals surface area contributed by atoms with Crippen LogP contribution >= 0.6 is 11.3 Å². The first kappa shape index (κ1) is 30.8. The second-order valence-corrected chi connectivity index (χ2v) is 11.6. The number of para-hydroxylation sites is 1. The first-order chi connectivity index (χ1) is 21.4. The summed E-state index contributed by atoms with van der Waals surface area (Å²) in [6.07, 6.45) is 5.00. The van der Waals surface area contributed by atoms with E-state index in [0.29, 0.717) is 36.0 Å². The fraction of sp³-hybridized carbons (Fsp3) is 0.243. The van der Waals surface area contributed by atoms with Crippen LogP contribution in [-0.4, -0.2) is 38.2 Å². The Morgan fingerprint density at radius 1 is 0.773 bits per heavy atom. The highest BCUT2D eigenvalue weighted by Gasteiger charge is 2.11. The maximum atomic E-state index is 12.9. The Labute approximate surface area is 262 Å². The van der Waals surface area contributed by atoms with E-state index < -0.39 is 0 Å². The molecule has 6 nitrogen and oxygen atoms in total. The highest BCUT2D eigenvalue weighted by atomic mass is 32.1. The number of nitrogens with zero attached hydrogens (tertiary/aromatic N) is 1. The summed E-state index contributed by atoms with van der Waals surface area (Å²) >= 11 is 1.69. The Balaban J connectivity index is 1.14. The average Bonchev–Trinajstić information content (AvgIpc) is 3.48. The van der Waals surface area contributed by atoms with Crippen molar-refractivity contribution in [1.82, 2.24) is 4.98 Å². The number of rotatable bonds is 13. The zero-order chi connectivity index (χ0) is 31.1. The van der Waals surface area contributed by atoms with E-state index in [9.17, 15) is 4.79 Å². The number of unbranched alkanes of at least 4 members (excludes halogenated alkanes) is 1. The molecule has 0 aliphatic rings. The standard InChI is InChI=1S/C37H37NO5S/c1-24-12-15-28(37-38-30-10-6-7-11-36(30)44-37)22-33(24)42-18-8-9-19-43-35-21-27(14-17-32(35)40-4)13-16-31(39)29-20-25(2)26(3)34(23-29)41-5/h6-7,10-17,20-23H,8-9,18-19H2,1-5H3/b16-13+. The maximum Gasteiger partial charge on any atom is 0.185 e. The molecule has 0 aliphatic carbocycles. The minimum absolute atomic E-state index is 0.0921. The lowest BCUT2D eigenvalue weighted by Crippen LogP contribution is -2.04. The van der Waals surface area contributed by atoms with Crippen LogP contribution in [0.3, 0.4) is 0 Å². The highest BCUT2D eigenvalue weighted by molar-refractivity contribution is 7.21. The van der Waals surface area contributed by atoms with Crippen molar-refractivity contribution in [1.29, 1.82) is 0 Å². The predicted molar refractivity (Wildman–Crippen MR) is 179 cm³/mol. The molecular formula is C37H37NO5S. The van der Waals surface area contributed by atoms with Gasteiger partial charge in [0.2, 0.25) is 0 Å². The molecule has 44 heavy (non-hydrogen) atoms. The van der Waals surface area contributed by atoms with Gasteiger partial charge >= 0.3 is 0 Å². The molecule has 7 heteroatoms. The quantitative estimate of drug-likeness (QED) is 0.0756. The van der Waals surface area contributed by atoms with Crippen LogP contribution in [0.15, 0.2) is 78.9 Å². The largest absolute Gasteiger partial charge is 0.496 e. The summed E-state index contributed by atoms with van der Waals surface area (Å²) in [5.74, 6) is 2.77. The van der Waals surface area contributed by atoms with Gasteiger partial charge in [0.1, 0.15) is 16.5 Å². The lowest BCUT2D eigenvalue weighted by atomic mass is 10.0. The summed E-state index contributed by atoms with van der Waals surface area (Å²) in [6, 6.07) is 23.7. The molecule has 0 radical (unpaired) electrons. The Morgan fingerprint density at radius 3 is 2.27 bits per heavy atom. The Kier molecular flexibility index (Phi) is 9.97. The van der Waals surface area contributed by atoms with Crippen LogP contribution in [0.2, 0.25) is 0 Å². The van der Waals surface area contributed by atoms with Crippen molar-refractivity contribution in [2.75, 3.05) is 27.4 Å². The molecule has 0 aliphatic heterocycles. The highest BCUT2D eigenvalue weighted by Crippen LogP contribution is 2.33. The summed E-state index contributed by atoms with van der Waals surface area (Å²) in [5.41, 5.74) is 6.65. The molecule has 0 amide bonds. The smallest absolute Gasteiger partial charge is 0.185 e. The van der Waals surface area contributed by atoms with E-state index >= 15 is 0 Å². The molecule has 5 rings (SSSR count). The molecule has 0 saturated heterocycles. The number of thiazole rings is 1. The van der Waals surface area contributed by atoms with Crippen LogP contribution in [0.25, 0.3) is 26.9 Å². The van der Waals surface area contributed by atoms with Crippen LogP contribution in [0.4, 0.5) is 0 Å². The number of hydrogen-bond donors (Lipinski definition) is 0. The fourth-order valence-corrected chi connectivity index (χ4v) is 5.77. The molecule has 0 saturated carbocycles. The van der Waals surface area contributed by atoms with E-state index in [-0.39, 0.29) is 5.78 Å². The van der Waals surface area contributed by atoms with Crippen molar-refractivity contribution >= 4 is 33.4 Å². The van der Waals surface area contributed by atoms with Crippen molar-refractivity contribution in [2.24, 2.45) is 0 Å². The summed E-state index contributed by atoms with van der Waals surface area (Å²) in [5, 5.41) is 0.991. The van der Waals surface area contributed by atoms with Crippen LogP contribution < -0.4 is 18.9 Å². The van der Waals surface area contributed by atoms with Gasteiger partial charge in [0.25, 0.3) is 0 Å². The molecule has 226 valence electrons. The molecule has 0 N–H and O–H groups in total. The van der Waals surface area contributed by atoms with Gasteiger partial charge < -0.3 is 18.9 Å². The minimum atomic E-state index is -0.0921. The minimum Gasteiger partial charge on any atom is -0.496 e. The van der Waals surface area contributed by atoms with Gasteiger partial charge in [-0.3, -0.25) is 4.79 Å². The average molecular weight is 608 g/mol. The molecule has 5 aromatic rings. The van der Waals surface area contributed by atoms with E-state index in [1.165, 1.54) is 4.70 Å². The van der Waals surface area contributed by atoms with Gasteiger partial charge in [0, 0.05) is 11.1 Å². The third-order valence-electron chi connectivity index (χ3n) is 7.52.